The Hall–Kier alpha value is -1.86. The second-order valence-electron chi connectivity index (χ2n) is 3.98. The van der Waals surface area contributed by atoms with Crippen molar-refractivity contribution in [3.63, 3.8) is 0 Å². The van der Waals surface area contributed by atoms with Crippen LogP contribution in [0, 0.1) is 0 Å². The molecule has 1 amide bonds. The zero-order valence-corrected chi connectivity index (χ0v) is 12.9. The largest absolute Gasteiger partial charge is 0.481 e. The molecule has 0 aromatic heterocycles. The average molecular weight is 323 g/mol. The molecule has 0 unspecified atom stereocenters. The molecule has 7 heteroatoms. The molecule has 1 fully saturated rings. The average Bonchev–Trinajstić information content (AvgIpc) is 2.76. The quantitative estimate of drug-likeness (QED) is 0.509. The molecule has 0 aliphatic carbocycles. The number of thioether (sulfide) groups is 1. The first-order chi connectivity index (χ1) is 10.1. The van der Waals surface area contributed by atoms with Crippen LogP contribution >= 0.6 is 24.0 Å². The van der Waals surface area contributed by atoms with E-state index in [1.54, 1.807) is 31.2 Å². The van der Waals surface area contributed by atoms with Crippen molar-refractivity contribution >= 4 is 46.3 Å². The van der Waals surface area contributed by atoms with Crippen LogP contribution in [0.3, 0.4) is 0 Å². The van der Waals surface area contributed by atoms with Gasteiger partial charge in [0.05, 0.1) is 11.5 Å². The van der Waals surface area contributed by atoms with Crippen molar-refractivity contribution in [1.82, 2.24) is 5.32 Å². The molecule has 110 valence electrons. The molecule has 0 atom stereocenters. The number of amides is 1. The lowest BCUT2D eigenvalue weighted by atomic mass is 10.2. The number of rotatable bonds is 5. The second-order valence-corrected chi connectivity index (χ2v) is 5.70. The molecule has 1 heterocycles. The number of benzene rings is 1. The van der Waals surface area contributed by atoms with Crippen LogP contribution in [-0.4, -0.2) is 29.4 Å². The first kappa shape index (κ1) is 15.5. The lowest BCUT2D eigenvalue weighted by Crippen LogP contribution is -2.17. The van der Waals surface area contributed by atoms with Gasteiger partial charge in [-0.15, -0.1) is 0 Å². The van der Waals surface area contributed by atoms with Gasteiger partial charge >= 0.3 is 5.97 Å². The van der Waals surface area contributed by atoms with E-state index in [9.17, 15) is 9.59 Å². The van der Waals surface area contributed by atoms with Crippen molar-refractivity contribution in [3.8, 4) is 5.75 Å². The maximum Gasteiger partial charge on any atom is 0.344 e. The van der Waals surface area contributed by atoms with Gasteiger partial charge in [0.1, 0.15) is 10.1 Å². The minimum absolute atomic E-state index is 0.175. The number of carbonyl (C=O) groups excluding carboxylic acids is 2. The number of carbonyl (C=O) groups is 2. The molecular formula is C14H13NO4S2. The van der Waals surface area contributed by atoms with E-state index in [2.05, 4.69) is 5.32 Å². The lowest BCUT2D eigenvalue weighted by molar-refractivity contribution is -0.145. The summed E-state index contributed by atoms with van der Waals surface area (Å²) in [7, 11) is 0. The van der Waals surface area contributed by atoms with E-state index in [-0.39, 0.29) is 12.5 Å². The van der Waals surface area contributed by atoms with Gasteiger partial charge in [-0.3, -0.25) is 4.79 Å². The highest BCUT2D eigenvalue weighted by Gasteiger charge is 2.22. The van der Waals surface area contributed by atoms with Gasteiger partial charge in [-0.25, -0.2) is 4.79 Å². The van der Waals surface area contributed by atoms with Crippen LogP contribution in [0.4, 0.5) is 0 Å². The predicted molar refractivity (Wildman–Crippen MR) is 84.9 cm³/mol. The number of hydrogen-bond acceptors (Lipinski definition) is 6. The molecule has 1 saturated heterocycles. The monoisotopic (exact) mass is 323 g/mol. The maximum absolute atomic E-state index is 11.6. The fourth-order valence-electron chi connectivity index (χ4n) is 1.63. The Morgan fingerprint density at radius 3 is 2.86 bits per heavy atom. The summed E-state index contributed by atoms with van der Waals surface area (Å²) < 4.78 is 10.7. The predicted octanol–water partition coefficient (Wildman–Crippen LogP) is 2.12. The first-order valence-corrected chi connectivity index (χ1v) is 7.45. The van der Waals surface area contributed by atoms with Crippen molar-refractivity contribution in [1.29, 1.82) is 0 Å². The third-order valence-electron chi connectivity index (χ3n) is 2.50. The van der Waals surface area contributed by atoms with E-state index >= 15 is 0 Å². The molecule has 2 rings (SSSR count). The summed E-state index contributed by atoms with van der Waals surface area (Å²) in [4.78, 5) is 23.5. The SMILES string of the molecule is CCOC(=O)COc1ccccc1/C=C1/SC(=S)NC1=O. The van der Waals surface area contributed by atoms with Crippen LogP contribution in [0.1, 0.15) is 12.5 Å². The van der Waals surface area contributed by atoms with E-state index in [1.807, 2.05) is 6.07 Å². The first-order valence-electron chi connectivity index (χ1n) is 6.22. The summed E-state index contributed by atoms with van der Waals surface area (Å²) in [5.74, 6) is -0.163. The van der Waals surface area contributed by atoms with Crippen LogP contribution in [-0.2, 0) is 14.3 Å². The van der Waals surface area contributed by atoms with Crippen molar-refractivity contribution < 1.29 is 19.1 Å². The van der Waals surface area contributed by atoms with Gasteiger partial charge in [0, 0.05) is 5.56 Å². The zero-order valence-electron chi connectivity index (χ0n) is 11.3. The van der Waals surface area contributed by atoms with Crippen molar-refractivity contribution in [2.75, 3.05) is 13.2 Å². The second kappa shape index (κ2) is 7.24. The van der Waals surface area contributed by atoms with E-state index < -0.39 is 5.97 Å². The summed E-state index contributed by atoms with van der Waals surface area (Å²) in [5, 5.41) is 2.55. The molecule has 1 aromatic rings. The minimum atomic E-state index is -0.436. The molecule has 1 N–H and O–H groups in total. The number of hydrogen-bond donors (Lipinski definition) is 1. The summed E-state index contributed by atoms with van der Waals surface area (Å²) >= 11 is 6.13. The Labute approximate surface area is 131 Å². The van der Waals surface area contributed by atoms with Gasteiger partial charge < -0.3 is 14.8 Å². The van der Waals surface area contributed by atoms with Gasteiger partial charge in [0.15, 0.2) is 6.61 Å². The third kappa shape index (κ3) is 4.30. The van der Waals surface area contributed by atoms with Crippen molar-refractivity contribution in [2.45, 2.75) is 6.92 Å². The van der Waals surface area contributed by atoms with Gasteiger partial charge in [0.2, 0.25) is 0 Å². The summed E-state index contributed by atoms with van der Waals surface area (Å²) in [6.07, 6.45) is 1.68. The normalized spacial score (nSPS) is 16.0. The van der Waals surface area contributed by atoms with E-state index in [0.29, 0.717) is 27.1 Å². The van der Waals surface area contributed by atoms with Gasteiger partial charge in [-0.2, -0.15) is 0 Å². The van der Waals surface area contributed by atoms with Crippen LogP contribution in [0.2, 0.25) is 0 Å². The summed E-state index contributed by atoms with van der Waals surface area (Å²) in [5.41, 5.74) is 0.698. The smallest absolute Gasteiger partial charge is 0.344 e. The van der Waals surface area contributed by atoms with Crippen LogP contribution in [0.25, 0.3) is 6.08 Å². The lowest BCUT2D eigenvalue weighted by Gasteiger charge is -2.08. The zero-order chi connectivity index (χ0) is 15.2. The molecule has 1 aliphatic rings. The minimum Gasteiger partial charge on any atom is -0.481 e. The number of para-hydroxylation sites is 1. The molecule has 1 aliphatic heterocycles. The van der Waals surface area contributed by atoms with Gasteiger partial charge in [-0.05, 0) is 19.1 Å². The van der Waals surface area contributed by atoms with Crippen molar-refractivity contribution in [3.05, 3.63) is 34.7 Å². The molecule has 21 heavy (non-hydrogen) atoms. The number of ether oxygens (including phenoxy) is 2. The molecule has 5 nitrogen and oxygen atoms in total. The highest BCUT2D eigenvalue weighted by Crippen LogP contribution is 2.29. The highest BCUT2D eigenvalue weighted by atomic mass is 32.2. The van der Waals surface area contributed by atoms with Crippen LogP contribution < -0.4 is 10.1 Å². The number of thiocarbonyl (C=S) groups is 1. The number of esters is 1. The molecular weight excluding hydrogens is 310 g/mol. The Bertz CT molecular complexity index is 613. The molecule has 0 spiro atoms. The van der Waals surface area contributed by atoms with E-state index in [1.165, 1.54) is 11.8 Å². The Kier molecular flexibility index (Phi) is 5.35. The Morgan fingerprint density at radius 1 is 1.43 bits per heavy atom. The Morgan fingerprint density at radius 2 is 2.19 bits per heavy atom. The van der Waals surface area contributed by atoms with Crippen LogP contribution in [0.5, 0.6) is 5.75 Å². The molecule has 1 aromatic carbocycles. The van der Waals surface area contributed by atoms with Crippen molar-refractivity contribution in [2.24, 2.45) is 0 Å². The fraction of sp³-hybridized carbons (Fsp3) is 0.214. The third-order valence-corrected chi connectivity index (χ3v) is 3.66. The molecule has 0 saturated carbocycles. The van der Waals surface area contributed by atoms with E-state index in [0.717, 1.165) is 0 Å². The standard InChI is InChI=1S/C14H13NO4S2/c1-2-18-12(16)8-19-10-6-4-3-5-9(10)7-11-13(17)15-14(20)21-11/h3-7H,2,8H2,1H3,(H,15,17,20)/b11-7+. The summed E-state index contributed by atoms with van der Waals surface area (Å²) in [6.45, 7) is 1.86. The molecule has 0 bridgehead atoms. The van der Waals surface area contributed by atoms with E-state index in [4.69, 9.17) is 21.7 Å². The number of nitrogens with one attached hydrogen (secondary N) is 1. The topological polar surface area (TPSA) is 64.6 Å². The highest BCUT2D eigenvalue weighted by molar-refractivity contribution is 8.26. The summed E-state index contributed by atoms with van der Waals surface area (Å²) in [6, 6.07) is 7.12. The van der Waals surface area contributed by atoms with Gasteiger partial charge in [0.25, 0.3) is 5.91 Å². The fourth-order valence-corrected chi connectivity index (χ4v) is 2.67. The molecule has 0 radical (unpaired) electrons. The Balaban J connectivity index is 2.14. The maximum atomic E-state index is 11.6. The van der Waals surface area contributed by atoms with Gasteiger partial charge in [-0.1, -0.05) is 42.2 Å². The van der Waals surface area contributed by atoms with Crippen LogP contribution in [0.15, 0.2) is 29.2 Å².